The molecule has 1 aromatic carbocycles. The van der Waals surface area contributed by atoms with Crippen molar-refractivity contribution in [2.45, 2.75) is 0 Å². The molecule has 0 saturated heterocycles. The number of rotatable bonds is 2. The van der Waals surface area contributed by atoms with E-state index in [1.54, 1.807) is 36.7 Å². The number of ether oxygens (including phenoxy) is 1. The summed E-state index contributed by atoms with van der Waals surface area (Å²) in [6, 6.07) is 8.66. The topological polar surface area (TPSA) is 65.0 Å². The zero-order valence-corrected chi connectivity index (χ0v) is 9.85. The van der Waals surface area contributed by atoms with Crippen LogP contribution in [-0.2, 0) is 0 Å². The Morgan fingerprint density at radius 1 is 1.05 bits per heavy atom. The monoisotopic (exact) mass is 251 g/mol. The van der Waals surface area contributed by atoms with Gasteiger partial charge in [0.2, 0.25) is 0 Å². The maximum absolute atomic E-state index is 12.1. The number of hydrogen-bond donors (Lipinski definition) is 0. The molecule has 5 heteroatoms. The second-order valence-corrected chi connectivity index (χ2v) is 3.84. The summed E-state index contributed by atoms with van der Waals surface area (Å²) in [5, 5.41) is 0.795. The van der Waals surface area contributed by atoms with E-state index < -0.39 is 5.97 Å². The smallest absolute Gasteiger partial charge is 0.345 e. The van der Waals surface area contributed by atoms with Gasteiger partial charge in [-0.05, 0) is 18.2 Å². The Bertz CT molecular complexity index is 724. The predicted octanol–water partition coefficient (Wildman–Crippen LogP) is 2.24. The molecule has 2 aromatic heterocycles. The van der Waals surface area contributed by atoms with E-state index in [2.05, 4.69) is 15.0 Å². The van der Waals surface area contributed by atoms with E-state index in [0.29, 0.717) is 16.8 Å². The maximum atomic E-state index is 12.1. The number of esters is 1. The lowest BCUT2D eigenvalue weighted by atomic mass is 10.1. The van der Waals surface area contributed by atoms with Gasteiger partial charge in [0, 0.05) is 17.8 Å². The molecule has 2 heterocycles. The van der Waals surface area contributed by atoms with Crippen LogP contribution in [0.5, 0.6) is 5.75 Å². The van der Waals surface area contributed by atoms with Crippen molar-refractivity contribution < 1.29 is 9.53 Å². The van der Waals surface area contributed by atoms with Crippen molar-refractivity contribution in [3.8, 4) is 5.75 Å². The van der Waals surface area contributed by atoms with Crippen LogP contribution in [-0.4, -0.2) is 20.9 Å². The Labute approximate surface area is 108 Å². The van der Waals surface area contributed by atoms with Gasteiger partial charge in [0.15, 0.2) is 0 Å². The Morgan fingerprint density at radius 2 is 2.00 bits per heavy atom. The van der Waals surface area contributed by atoms with Crippen LogP contribution in [0.1, 0.15) is 10.4 Å². The third-order valence-corrected chi connectivity index (χ3v) is 2.60. The lowest BCUT2D eigenvalue weighted by Gasteiger charge is -2.05. The highest BCUT2D eigenvalue weighted by Gasteiger charge is 2.13. The molecule has 3 rings (SSSR count). The summed E-state index contributed by atoms with van der Waals surface area (Å²) in [7, 11) is 0. The number of nitrogens with zero attached hydrogens (tertiary/aromatic N) is 3. The fraction of sp³-hybridized carbons (Fsp3) is 0. The minimum absolute atomic E-state index is 0.401. The number of benzene rings is 1. The Morgan fingerprint density at radius 3 is 2.84 bits per heavy atom. The van der Waals surface area contributed by atoms with Crippen LogP contribution in [0, 0.1) is 0 Å². The van der Waals surface area contributed by atoms with E-state index >= 15 is 0 Å². The molecule has 0 amide bonds. The summed E-state index contributed by atoms with van der Waals surface area (Å²) in [5.74, 6) is -0.0594. The summed E-state index contributed by atoms with van der Waals surface area (Å²) >= 11 is 0. The summed E-state index contributed by atoms with van der Waals surface area (Å²) in [6.45, 7) is 0. The third-order valence-electron chi connectivity index (χ3n) is 2.60. The second-order valence-electron chi connectivity index (χ2n) is 3.84. The molecule has 0 bridgehead atoms. The quantitative estimate of drug-likeness (QED) is 0.653. The number of carbonyl (C=O) groups excluding carboxylic acids is 1. The number of para-hydroxylation sites is 1. The largest absolute Gasteiger partial charge is 0.421 e. The molecule has 92 valence electrons. The molecule has 0 N–H and O–H groups in total. The van der Waals surface area contributed by atoms with Gasteiger partial charge < -0.3 is 4.74 Å². The van der Waals surface area contributed by atoms with E-state index in [1.807, 2.05) is 6.07 Å². The Hall–Kier alpha value is -2.82. The van der Waals surface area contributed by atoms with Crippen LogP contribution >= 0.6 is 0 Å². The van der Waals surface area contributed by atoms with Gasteiger partial charge in [0.1, 0.15) is 12.1 Å². The second kappa shape index (κ2) is 4.81. The van der Waals surface area contributed by atoms with E-state index in [1.165, 1.54) is 12.5 Å². The minimum atomic E-state index is -0.461. The standard InChI is InChI=1S/C14H9N3O2/c18-14(19-11-4-2-6-15-8-11)12-5-1-3-10-7-16-9-17-13(10)12/h1-9H. The normalized spacial score (nSPS) is 10.3. The SMILES string of the molecule is O=C(Oc1cccnc1)c1cccc2cncnc12. The molecule has 0 spiro atoms. The molecule has 0 saturated carbocycles. The number of pyridine rings is 1. The van der Waals surface area contributed by atoms with E-state index in [4.69, 9.17) is 4.74 Å². The molecule has 0 aliphatic heterocycles. The van der Waals surface area contributed by atoms with Crippen molar-refractivity contribution in [2.75, 3.05) is 0 Å². The highest BCUT2D eigenvalue weighted by Crippen LogP contribution is 2.17. The molecule has 19 heavy (non-hydrogen) atoms. The molecule has 5 nitrogen and oxygen atoms in total. The van der Waals surface area contributed by atoms with Crippen LogP contribution in [0.2, 0.25) is 0 Å². The van der Waals surface area contributed by atoms with Crippen molar-refractivity contribution in [3.63, 3.8) is 0 Å². The molecular formula is C14H9N3O2. The summed E-state index contributed by atoms with van der Waals surface area (Å²) in [6.07, 6.45) is 6.16. The zero-order valence-electron chi connectivity index (χ0n) is 9.85. The molecular weight excluding hydrogens is 242 g/mol. The molecule has 0 fully saturated rings. The first-order valence-corrected chi connectivity index (χ1v) is 5.65. The number of carbonyl (C=O) groups is 1. The van der Waals surface area contributed by atoms with Crippen LogP contribution in [0.4, 0.5) is 0 Å². The van der Waals surface area contributed by atoms with Gasteiger partial charge in [-0.2, -0.15) is 0 Å². The van der Waals surface area contributed by atoms with Crippen molar-refractivity contribution in [3.05, 3.63) is 60.8 Å². The lowest BCUT2D eigenvalue weighted by molar-refractivity contribution is 0.0736. The third kappa shape index (κ3) is 2.26. The average Bonchev–Trinajstić information content (AvgIpc) is 2.47. The molecule has 0 aliphatic carbocycles. The van der Waals surface area contributed by atoms with E-state index in [9.17, 15) is 4.79 Å². The summed E-state index contributed by atoms with van der Waals surface area (Å²) < 4.78 is 5.25. The van der Waals surface area contributed by atoms with Crippen LogP contribution in [0.15, 0.2) is 55.2 Å². The van der Waals surface area contributed by atoms with Crippen molar-refractivity contribution in [1.29, 1.82) is 0 Å². The van der Waals surface area contributed by atoms with Crippen molar-refractivity contribution >= 4 is 16.9 Å². The lowest BCUT2D eigenvalue weighted by Crippen LogP contribution is -2.09. The Kier molecular flexibility index (Phi) is 2.86. The highest BCUT2D eigenvalue weighted by atomic mass is 16.5. The first-order chi connectivity index (χ1) is 9.34. The predicted molar refractivity (Wildman–Crippen MR) is 68.7 cm³/mol. The fourth-order valence-corrected chi connectivity index (χ4v) is 1.75. The molecule has 0 aliphatic rings. The van der Waals surface area contributed by atoms with Crippen LogP contribution in [0.25, 0.3) is 10.9 Å². The first-order valence-electron chi connectivity index (χ1n) is 5.65. The first kappa shape index (κ1) is 11.3. The molecule has 0 radical (unpaired) electrons. The molecule has 0 unspecified atom stereocenters. The van der Waals surface area contributed by atoms with Gasteiger partial charge in [0.05, 0.1) is 17.3 Å². The zero-order chi connectivity index (χ0) is 13.1. The van der Waals surface area contributed by atoms with E-state index in [-0.39, 0.29) is 0 Å². The van der Waals surface area contributed by atoms with Gasteiger partial charge in [-0.15, -0.1) is 0 Å². The summed E-state index contributed by atoms with van der Waals surface area (Å²) in [4.78, 5) is 24.0. The molecule has 0 atom stereocenters. The minimum Gasteiger partial charge on any atom is -0.421 e. The number of hydrogen-bond acceptors (Lipinski definition) is 5. The Balaban J connectivity index is 1.98. The fourth-order valence-electron chi connectivity index (χ4n) is 1.75. The van der Waals surface area contributed by atoms with E-state index in [0.717, 1.165) is 5.39 Å². The summed E-state index contributed by atoms with van der Waals surface area (Å²) in [5.41, 5.74) is 0.982. The number of aromatic nitrogens is 3. The average molecular weight is 251 g/mol. The number of fused-ring (bicyclic) bond motifs is 1. The van der Waals surface area contributed by atoms with Gasteiger partial charge in [-0.1, -0.05) is 12.1 Å². The van der Waals surface area contributed by atoms with Crippen LogP contribution < -0.4 is 4.74 Å². The maximum Gasteiger partial charge on any atom is 0.345 e. The van der Waals surface area contributed by atoms with Crippen molar-refractivity contribution in [1.82, 2.24) is 15.0 Å². The van der Waals surface area contributed by atoms with Crippen molar-refractivity contribution in [2.24, 2.45) is 0 Å². The van der Waals surface area contributed by atoms with Gasteiger partial charge in [-0.25, -0.2) is 14.8 Å². The molecule has 3 aromatic rings. The highest BCUT2D eigenvalue weighted by molar-refractivity contribution is 6.03. The van der Waals surface area contributed by atoms with Gasteiger partial charge >= 0.3 is 5.97 Å². The van der Waals surface area contributed by atoms with Crippen LogP contribution in [0.3, 0.4) is 0 Å². The van der Waals surface area contributed by atoms with Gasteiger partial charge in [-0.3, -0.25) is 4.98 Å². The van der Waals surface area contributed by atoms with Gasteiger partial charge in [0.25, 0.3) is 0 Å².